The second-order valence-corrected chi connectivity index (χ2v) is 13.0. The van der Waals surface area contributed by atoms with Crippen LogP contribution in [-0.2, 0) is 6.42 Å². The summed E-state index contributed by atoms with van der Waals surface area (Å²) in [4.78, 5) is 18.8. The first-order chi connectivity index (χ1) is 25.6. The minimum Gasteiger partial charge on any atom is -0.296 e. The highest BCUT2D eigenvalue weighted by Crippen LogP contribution is 2.44. The van der Waals surface area contributed by atoms with Gasteiger partial charge in [-0.25, -0.2) is 4.98 Å². The minimum absolute atomic E-state index is 0.0317. The summed E-state index contributed by atoms with van der Waals surface area (Å²) in [5.74, 6) is 1.04. The number of imidazole rings is 1. The summed E-state index contributed by atoms with van der Waals surface area (Å²) < 4.78 is 4.08. The summed E-state index contributed by atoms with van der Waals surface area (Å²) in [6.45, 7) is 10.8. The number of aryl methyl sites for hydroxylation is 1. The van der Waals surface area contributed by atoms with E-state index in [0.717, 1.165) is 95.1 Å². The number of hydrogen-bond donors (Lipinski definition) is 0. The first kappa shape index (κ1) is 31.2. The molecule has 248 valence electrons. The normalized spacial score (nSPS) is 11.5. The molecule has 4 nitrogen and oxygen atoms in total. The van der Waals surface area contributed by atoms with Gasteiger partial charge in [-0.1, -0.05) is 123 Å². The molecule has 0 N–H and O–H groups in total. The van der Waals surface area contributed by atoms with Crippen molar-refractivity contribution in [3.8, 4) is 33.6 Å². The van der Waals surface area contributed by atoms with Gasteiger partial charge in [-0.2, -0.15) is 0 Å². The molecule has 9 aromatic rings. The van der Waals surface area contributed by atoms with Crippen LogP contribution in [0, 0.1) is 0 Å². The first-order valence-corrected chi connectivity index (χ1v) is 17.6. The number of aromatic nitrogens is 3. The Morgan fingerprint density at radius 2 is 1.10 bits per heavy atom. The number of benzene rings is 7. The Morgan fingerprint density at radius 3 is 1.77 bits per heavy atom. The molecule has 0 atom stereocenters. The van der Waals surface area contributed by atoms with E-state index in [0.29, 0.717) is 5.39 Å². The third-order valence-corrected chi connectivity index (χ3v) is 10.3. The number of hydrogen-bond acceptors (Lipinski definition) is 2. The number of rotatable bonds is 7. The van der Waals surface area contributed by atoms with Gasteiger partial charge in [-0.3, -0.25) is 13.9 Å². The lowest BCUT2D eigenvalue weighted by atomic mass is 9.83. The Hall–Kier alpha value is -6.78. The molecule has 0 fully saturated rings. The largest absolute Gasteiger partial charge is 0.296 e. The second kappa shape index (κ2) is 12.5. The number of fused-ring (bicyclic) bond motifs is 5. The number of nitrogens with zero attached hydrogens (tertiary/aromatic N) is 3. The van der Waals surface area contributed by atoms with Crippen LogP contribution in [0.15, 0.2) is 164 Å². The van der Waals surface area contributed by atoms with Gasteiger partial charge in [0.05, 0.1) is 16.6 Å². The van der Waals surface area contributed by atoms with Crippen LogP contribution in [0.1, 0.15) is 23.9 Å². The molecule has 0 aliphatic carbocycles. The zero-order valence-corrected chi connectivity index (χ0v) is 28.9. The number of pyridine rings is 1. The minimum atomic E-state index is -0.0317. The fourth-order valence-electron chi connectivity index (χ4n) is 7.97. The van der Waals surface area contributed by atoms with E-state index in [-0.39, 0.29) is 5.56 Å². The molecule has 0 amide bonds. The van der Waals surface area contributed by atoms with Crippen LogP contribution in [-0.4, -0.2) is 14.1 Å². The van der Waals surface area contributed by atoms with Crippen LogP contribution in [0.2, 0.25) is 0 Å². The predicted molar refractivity (Wildman–Crippen MR) is 220 cm³/mol. The highest BCUT2D eigenvalue weighted by molar-refractivity contribution is 6.14. The van der Waals surface area contributed by atoms with Crippen LogP contribution in [0.25, 0.3) is 89.3 Å². The van der Waals surface area contributed by atoms with E-state index < -0.39 is 0 Å². The smallest absolute Gasteiger partial charge is 0.263 e. The summed E-state index contributed by atoms with van der Waals surface area (Å²) in [5.41, 5.74) is 11.2. The second-order valence-electron chi connectivity index (χ2n) is 13.0. The van der Waals surface area contributed by atoms with Crippen molar-refractivity contribution < 1.29 is 0 Å². The summed E-state index contributed by atoms with van der Waals surface area (Å²) >= 11 is 0. The highest BCUT2D eigenvalue weighted by Gasteiger charge is 2.21. The van der Waals surface area contributed by atoms with Gasteiger partial charge in [0.25, 0.3) is 5.56 Å². The van der Waals surface area contributed by atoms with Crippen molar-refractivity contribution in [2.24, 2.45) is 0 Å². The molecule has 0 saturated heterocycles. The van der Waals surface area contributed by atoms with E-state index in [4.69, 9.17) is 4.98 Å². The lowest BCUT2D eigenvalue weighted by Gasteiger charge is -2.21. The van der Waals surface area contributed by atoms with Crippen LogP contribution >= 0.6 is 0 Å². The Kier molecular flexibility index (Phi) is 7.52. The molecular weight excluding hydrogens is 635 g/mol. The summed E-state index contributed by atoms with van der Waals surface area (Å²) in [6, 6.07) is 49.9. The molecule has 2 heterocycles. The van der Waals surface area contributed by atoms with Crippen LogP contribution in [0.3, 0.4) is 0 Å². The molecular formula is C48H35N3O. The molecule has 0 saturated carbocycles. The molecule has 0 radical (unpaired) electrons. The molecule has 0 unspecified atom stereocenters. The molecule has 7 aromatic carbocycles. The van der Waals surface area contributed by atoms with Gasteiger partial charge in [-0.15, -0.1) is 0 Å². The van der Waals surface area contributed by atoms with Crippen molar-refractivity contribution in [1.29, 1.82) is 0 Å². The third kappa shape index (κ3) is 4.76. The summed E-state index contributed by atoms with van der Waals surface area (Å²) in [6.07, 6.45) is 4.74. The maximum Gasteiger partial charge on any atom is 0.263 e. The molecule has 0 aliphatic rings. The van der Waals surface area contributed by atoms with Gasteiger partial charge < -0.3 is 0 Å². The van der Waals surface area contributed by atoms with Crippen molar-refractivity contribution in [2.75, 3.05) is 0 Å². The molecule has 9 rings (SSSR count). The lowest BCUT2D eigenvalue weighted by Crippen LogP contribution is -2.19. The van der Waals surface area contributed by atoms with Crippen LogP contribution in [0.4, 0.5) is 0 Å². The van der Waals surface area contributed by atoms with Gasteiger partial charge in [0.1, 0.15) is 5.82 Å². The zero-order chi connectivity index (χ0) is 35.3. The standard InChI is InChI=1S/C48H35N3O/c1-4-35-36(5-2)47(32-26-29-43-41(30-32)37-18-10-13-21-40(37)48(52)51(43)33-16-8-7-9-17-33)39-20-12-11-19-38(39)46(35)31-24-27-34(28-25-31)50-44-23-15-14-22-42(44)49-45(50)6-3/h4-5,7-30H,1-2,6H2,3H3. The van der Waals surface area contributed by atoms with Crippen LogP contribution < -0.4 is 5.56 Å². The Labute approximate surface area is 301 Å². The van der Waals surface area contributed by atoms with Crippen molar-refractivity contribution in [2.45, 2.75) is 13.3 Å². The van der Waals surface area contributed by atoms with Crippen molar-refractivity contribution in [3.63, 3.8) is 0 Å². The van der Waals surface area contributed by atoms with E-state index in [1.807, 2.05) is 77.4 Å². The average Bonchev–Trinajstić information content (AvgIpc) is 3.59. The Bertz CT molecular complexity index is 2930. The SMILES string of the molecule is C=Cc1c(C=C)c(-c2ccc3c(c2)c2ccccc2c(=O)n3-c2ccccc2)c2ccccc2c1-c1ccc(-n2c(CC)nc3ccccc32)cc1. The quantitative estimate of drug-likeness (QED) is 0.158. The zero-order valence-electron chi connectivity index (χ0n) is 28.9. The van der Waals surface area contributed by atoms with E-state index in [2.05, 4.69) is 110 Å². The van der Waals surface area contributed by atoms with E-state index in [9.17, 15) is 4.79 Å². The highest BCUT2D eigenvalue weighted by atomic mass is 16.1. The molecule has 52 heavy (non-hydrogen) atoms. The first-order valence-electron chi connectivity index (χ1n) is 17.6. The number of para-hydroxylation sites is 3. The Balaban J connectivity index is 1.28. The Morgan fingerprint density at radius 1 is 0.538 bits per heavy atom. The van der Waals surface area contributed by atoms with Gasteiger partial charge >= 0.3 is 0 Å². The van der Waals surface area contributed by atoms with Crippen molar-refractivity contribution in [1.82, 2.24) is 14.1 Å². The molecule has 0 spiro atoms. The molecule has 0 bridgehead atoms. The van der Waals surface area contributed by atoms with Gasteiger partial charge in [-0.05, 0) is 104 Å². The van der Waals surface area contributed by atoms with Crippen molar-refractivity contribution in [3.05, 3.63) is 186 Å². The van der Waals surface area contributed by atoms with Crippen molar-refractivity contribution >= 4 is 55.6 Å². The third-order valence-electron chi connectivity index (χ3n) is 10.3. The molecule has 0 aliphatic heterocycles. The maximum absolute atomic E-state index is 13.9. The fourth-order valence-corrected chi connectivity index (χ4v) is 7.97. The topological polar surface area (TPSA) is 39.8 Å². The summed E-state index contributed by atoms with van der Waals surface area (Å²) in [5, 5.41) is 4.88. The fraction of sp³-hybridized carbons (Fsp3) is 0.0417. The van der Waals surface area contributed by atoms with Gasteiger partial charge in [0.2, 0.25) is 0 Å². The monoisotopic (exact) mass is 669 g/mol. The predicted octanol–water partition coefficient (Wildman–Crippen LogP) is 11.8. The lowest BCUT2D eigenvalue weighted by molar-refractivity contribution is 0.908. The summed E-state index contributed by atoms with van der Waals surface area (Å²) in [7, 11) is 0. The van der Waals surface area contributed by atoms with Gasteiger partial charge in [0.15, 0.2) is 0 Å². The van der Waals surface area contributed by atoms with E-state index in [1.165, 1.54) is 0 Å². The molecule has 2 aromatic heterocycles. The maximum atomic E-state index is 13.9. The van der Waals surface area contributed by atoms with Crippen LogP contribution in [0.5, 0.6) is 0 Å². The van der Waals surface area contributed by atoms with E-state index >= 15 is 0 Å². The van der Waals surface area contributed by atoms with Gasteiger partial charge in [0, 0.05) is 28.6 Å². The van der Waals surface area contributed by atoms with E-state index in [1.54, 1.807) is 0 Å². The average molecular weight is 670 g/mol. The molecule has 4 heteroatoms.